The Morgan fingerprint density at radius 3 is 3.12 bits per heavy atom. The van der Waals surface area contributed by atoms with Crippen molar-refractivity contribution in [2.24, 2.45) is 0 Å². The predicted molar refractivity (Wildman–Crippen MR) is 55.5 cm³/mol. The predicted octanol–water partition coefficient (Wildman–Crippen LogP) is 1.13. The van der Waals surface area contributed by atoms with Gasteiger partial charge < -0.3 is 10.1 Å². The fraction of sp³-hybridized carbons (Fsp3) is 0.455. The highest BCUT2D eigenvalue weighted by Crippen LogP contribution is 2.07. The molecule has 1 amide bonds. The molecule has 0 bridgehead atoms. The van der Waals surface area contributed by atoms with Gasteiger partial charge in [-0.15, -0.1) is 0 Å². The molecule has 5 heteroatoms. The number of aromatic nitrogens is 1. The highest BCUT2D eigenvalue weighted by atomic mass is 19.1. The van der Waals surface area contributed by atoms with Crippen LogP contribution in [0.3, 0.4) is 0 Å². The van der Waals surface area contributed by atoms with Gasteiger partial charge in [-0.05, 0) is 18.9 Å². The van der Waals surface area contributed by atoms with Crippen molar-refractivity contribution in [3.8, 4) is 0 Å². The molecule has 2 heterocycles. The number of nitrogens with one attached hydrogen (secondary N) is 1. The maximum absolute atomic E-state index is 12.8. The molecule has 0 aliphatic carbocycles. The monoisotopic (exact) mass is 224 g/mol. The summed E-state index contributed by atoms with van der Waals surface area (Å²) in [6.45, 7) is 1.27. The van der Waals surface area contributed by atoms with Gasteiger partial charge in [0.05, 0.1) is 24.4 Å². The molecule has 1 aliphatic rings. The highest BCUT2D eigenvalue weighted by Gasteiger charge is 2.17. The van der Waals surface area contributed by atoms with Gasteiger partial charge in [-0.3, -0.25) is 9.78 Å². The molecule has 1 aromatic heterocycles. The van der Waals surface area contributed by atoms with Crippen LogP contribution in [0.4, 0.5) is 4.39 Å². The molecule has 1 aliphatic heterocycles. The van der Waals surface area contributed by atoms with Crippen molar-refractivity contribution in [3.05, 3.63) is 29.8 Å². The Balaban J connectivity index is 1.97. The molecule has 0 saturated carbocycles. The first-order valence-electron chi connectivity index (χ1n) is 5.25. The molecule has 4 nitrogen and oxygen atoms in total. The van der Waals surface area contributed by atoms with E-state index in [1.807, 2.05) is 0 Å². The SMILES string of the molecule is O=C(N[C@@H]1CCCOC1)c1cncc(F)c1. The van der Waals surface area contributed by atoms with Gasteiger partial charge in [0, 0.05) is 12.8 Å². The maximum Gasteiger partial charge on any atom is 0.253 e. The number of amides is 1. The summed E-state index contributed by atoms with van der Waals surface area (Å²) in [4.78, 5) is 15.3. The zero-order valence-electron chi connectivity index (χ0n) is 8.78. The highest BCUT2D eigenvalue weighted by molar-refractivity contribution is 5.94. The van der Waals surface area contributed by atoms with Gasteiger partial charge in [0.1, 0.15) is 5.82 Å². The Hall–Kier alpha value is -1.49. The van der Waals surface area contributed by atoms with Crippen LogP contribution in [0.1, 0.15) is 23.2 Å². The van der Waals surface area contributed by atoms with E-state index in [1.165, 1.54) is 12.3 Å². The van der Waals surface area contributed by atoms with E-state index in [2.05, 4.69) is 10.3 Å². The first kappa shape index (κ1) is 11.0. The van der Waals surface area contributed by atoms with Crippen LogP contribution in [0.25, 0.3) is 0 Å². The summed E-state index contributed by atoms with van der Waals surface area (Å²) < 4.78 is 18.1. The summed E-state index contributed by atoms with van der Waals surface area (Å²) in [5.74, 6) is -0.810. The lowest BCUT2D eigenvalue weighted by atomic mass is 10.1. The molecular formula is C11H13FN2O2. The summed E-state index contributed by atoms with van der Waals surface area (Å²) in [5, 5.41) is 2.79. The van der Waals surface area contributed by atoms with Crippen molar-refractivity contribution < 1.29 is 13.9 Å². The number of nitrogens with zero attached hydrogens (tertiary/aromatic N) is 1. The normalized spacial score (nSPS) is 20.4. The Labute approximate surface area is 92.8 Å². The van der Waals surface area contributed by atoms with E-state index in [-0.39, 0.29) is 17.5 Å². The average molecular weight is 224 g/mol. The molecule has 86 valence electrons. The second kappa shape index (κ2) is 5.03. The van der Waals surface area contributed by atoms with Crippen LogP contribution < -0.4 is 5.32 Å². The van der Waals surface area contributed by atoms with Crippen LogP contribution in [0.5, 0.6) is 0 Å². The van der Waals surface area contributed by atoms with Crippen LogP contribution in [0.15, 0.2) is 18.5 Å². The van der Waals surface area contributed by atoms with Gasteiger partial charge in [-0.25, -0.2) is 4.39 Å². The van der Waals surface area contributed by atoms with Gasteiger partial charge in [0.2, 0.25) is 0 Å². The molecule has 1 N–H and O–H groups in total. The fourth-order valence-electron chi connectivity index (χ4n) is 1.66. The van der Waals surface area contributed by atoms with Gasteiger partial charge in [-0.2, -0.15) is 0 Å². The van der Waals surface area contributed by atoms with E-state index < -0.39 is 5.82 Å². The molecule has 2 rings (SSSR count). The second-order valence-electron chi connectivity index (χ2n) is 3.78. The number of hydrogen-bond donors (Lipinski definition) is 1. The first-order chi connectivity index (χ1) is 7.75. The fourth-order valence-corrected chi connectivity index (χ4v) is 1.66. The Morgan fingerprint density at radius 1 is 1.56 bits per heavy atom. The summed E-state index contributed by atoms with van der Waals surface area (Å²) in [6, 6.07) is 1.19. The standard InChI is InChI=1S/C11H13FN2O2/c12-9-4-8(5-13-6-9)11(15)14-10-2-1-3-16-7-10/h4-6,10H,1-3,7H2,(H,14,15)/t10-/m1/s1. The molecule has 1 atom stereocenters. The van der Waals surface area contributed by atoms with E-state index in [0.29, 0.717) is 6.61 Å². The molecule has 16 heavy (non-hydrogen) atoms. The molecule has 0 radical (unpaired) electrons. The minimum atomic E-state index is -0.507. The Kier molecular flexibility index (Phi) is 3.46. The van der Waals surface area contributed by atoms with Crippen molar-refractivity contribution in [3.63, 3.8) is 0 Å². The molecule has 0 spiro atoms. The first-order valence-corrected chi connectivity index (χ1v) is 5.25. The molecule has 1 aromatic rings. The lowest BCUT2D eigenvalue weighted by molar-refractivity contribution is 0.0624. The van der Waals surface area contributed by atoms with E-state index in [4.69, 9.17) is 4.74 Å². The number of ether oxygens (including phenoxy) is 1. The van der Waals surface area contributed by atoms with Crippen LogP contribution in [-0.4, -0.2) is 30.1 Å². The summed E-state index contributed by atoms with van der Waals surface area (Å²) in [6.07, 6.45) is 4.25. The van der Waals surface area contributed by atoms with Gasteiger partial charge in [-0.1, -0.05) is 0 Å². The molecular weight excluding hydrogens is 211 g/mol. The van der Waals surface area contributed by atoms with Gasteiger partial charge in [0.25, 0.3) is 5.91 Å². The number of hydrogen-bond acceptors (Lipinski definition) is 3. The number of rotatable bonds is 2. The zero-order valence-corrected chi connectivity index (χ0v) is 8.78. The number of halogens is 1. The van der Waals surface area contributed by atoms with E-state index in [1.54, 1.807) is 0 Å². The summed E-state index contributed by atoms with van der Waals surface area (Å²) >= 11 is 0. The summed E-state index contributed by atoms with van der Waals surface area (Å²) in [7, 11) is 0. The van der Waals surface area contributed by atoms with Crippen molar-refractivity contribution in [2.75, 3.05) is 13.2 Å². The van der Waals surface area contributed by atoms with Crippen LogP contribution in [0.2, 0.25) is 0 Å². The Bertz CT molecular complexity index is 378. The van der Waals surface area contributed by atoms with Crippen molar-refractivity contribution in [2.45, 2.75) is 18.9 Å². The maximum atomic E-state index is 12.8. The second-order valence-corrected chi connectivity index (χ2v) is 3.78. The van der Waals surface area contributed by atoms with E-state index in [9.17, 15) is 9.18 Å². The topological polar surface area (TPSA) is 51.2 Å². The molecule has 1 fully saturated rings. The van der Waals surface area contributed by atoms with Crippen LogP contribution >= 0.6 is 0 Å². The van der Waals surface area contributed by atoms with Gasteiger partial charge >= 0.3 is 0 Å². The van der Waals surface area contributed by atoms with Crippen LogP contribution in [-0.2, 0) is 4.74 Å². The largest absolute Gasteiger partial charge is 0.379 e. The third-order valence-corrected chi connectivity index (χ3v) is 2.46. The zero-order chi connectivity index (χ0) is 11.4. The summed E-state index contributed by atoms with van der Waals surface area (Å²) in [5.41, 5.74) is 0.241. The van der Waals surface area contributed by atoms with Crippen molar-refractivity contribution in [1.82, 2.24) is 10.3 Å². The lowest BCUT2D eigenvalue weighted by Crippen LogP contribution is -2.40. The number of carbonyl (C=O) groups is 1. The third-order valence-electron chi connectivity index (χ3n) is 2.46. The molecule has 0 unspecified atom stereocenters. The van der Waals surface area contributed by atoms with Crippen molar-refractivity contribution >= 4 is 5.91 Å². The number of carbonyl (C=O) groups excluding carboxylic acids is 1. The average Bonchev–Trinajstić information content (AvgIpc) is 2.30. The van der Waals surface area contributed by atoms with Crippen molar-refractivity contribution in [1.29, 1.82) is 0 Å². The molecule has 1 saturated heterocycles. The minimum absolute atomic E-state index is 0.0181. The lowest BCUT2D eigenvalue weighted by Gasteiger charge is -2.22. The molecule has 0 aromatic carbocycles. The van der Waals surface area contributed by atoms with E-state index in [0.717, 1.165) is 25.6 Å². The smallest absolute Gasteiger partial charge is 0.253 e. The number of pyridine rings is 1. The van der Waals surface area contributed by atoms with Gasteiger partial charge in [0.15, 0.2) is 0 Å². The Morgan fingerprint density at radius 2 is 2.44 bits per heavy atom. The van der Waals surface area contributed by atoms with E-state index >= 15 is 0 Å². The minimum Gasteiger partial charge on any atom is -0.379 e. The quantitative estimate of drug-likeness (QED) is 0.819. The van der Waals surface area contributed by atoms with Crippen LogP contribution in [0, 0.1) is 5.82 Å². The third kappa shape index (κ3) is 2.76.